The van der Waals surface area contributed by atoms with Gasteiger partial charge >= 0.3 is 5.69 Å². The third kappa shape index (κ3) is 4.94. The standard InChI is InChI=1S/C25H28N4O5S/c1-25(2,3)20-14-17(29-22(30)10-11-26-24(29)31)13-19(23(20)34-4)16-6-8-18-15(12-16)7-9-21(18)27-28-35(5,32)33/h6,8-14,27-28H,7H2,1-5H3,(H,26,31). The molecule has 0 atom stereocenters. The summed E-state index contributed by atoms with van der Waals surface area (Å²) in [5.74, 6) is 0.657. The van der Waals surface area contributed by atoms with Gasteiger partial charge in [0.25, 0.3) is 5.56 Å². The minimum atomic E-state index is -3.41. The number of hydrogen-bond acceptors (Lipinski definition) is 6. The maximum atomic E-state index is 12.6. The third-order valence-electron chi connectivity index (χ3n) is 5.80. The molecule has 1 aliphatic rings. The van der Waals surface area contributed by atoms with Gasteiger partial charge in [-0.15, -0.1) is 4.83 Å². The fourth-order valence-corrected chi connectivity index (χ4v) is 4.48. The summed E-state index contributed by atoms with van der Waals surface area (Å²) < 4.78 is 29.9. The molecular formula is C25H28N4O5S. The maximum Gasteiger partial charge on any atom is 0.332 e. The van der Waals surface area contributed by atoms with Gasteiger partial charge < -0.3 is 15.1 Å². The number of fused-ring (bicyclic) bond motifs is 1. The van der Waals surface area contributed by atoms with E-state index in [0.29, 0.717) is 23.6 Å². The van der Waals surface area contributed by atoms with Crippen molar-refractivity contribution >= 4 is 15.7 Å². The van der Waals surface area contributed by atoms with E-state index in [2.05, 4.69) is 15.2 Å². The van der Waals surface area contributed by atoms with Crippen molar-refractivity contribution in [2.45, 2.75) is 32.6 Å². The molecule has 1 aromatic heterocycles. The molecule has 0 saturated carbocycles. The van der Waals surface area contributed by atoms with Crippen LogP contribution in [-0.4, -0.2) is 31.3 Å². The fourth-order valence-electron chi connectivity index (χ4n) is 4.18. The van der Waals surface area contributed by atoms with Crippen LogP contribution in [-0.2, 0) is 21.9 Å². The first-order chi connectivity index (χ1) is 16.4. The molecule has 2 aromatic carbocycles. The van der Waals surface area contributed by atoms with Crippen LogP contribution in [0.3, 0.4) is 0 Å². The number of sulfonamides is 1. The Bertz CT molecular complexity index is 1530. The number of H-pyrrole nitrogens is 1. The summed E-state index contributed by atoms with van der Waals surface area (Å²) in [5.41, 5.74) is 6.89. The van der Waals surface area contributed by atoms with Crippen molar-refractivity contribution in [2.75, 3.05) is 13.4 Å². The Labute approximate surface area is 203 Å². The summed E-state index contributed by atoms with van der Waals surface area (Å²) in [6.07, 6.45) is 4.93. The van der Waals surface area contributed by atoms with Crippen LogP contribution in [0.15, 0.2) is 58.3 Å². The zero-order chi connectivity index (χ0) is 25.5. The Morgan fingerprint density at radius 1 is 1.06 bits per heavy atom. The van der Waals surface area contributed by atoms with Crippen molar-refractivity contribution in [2.24, 2.45) is 0 Å². The van der Waals surface area contributed by atoms with E-state index in [4.69, 9.17) is 4.74 Å². The molecule has 3 N–H and O–H groups in total. The SMILES string of the molecule is COc1c(-c2ccc3c(c2)CC=C3NNS(C)(=O)=O)cc(-n2c(=O)cc[nH]c2=O)cc1C(C)(C)C. The molecule has 4 rings (SSSR count). The van der Waals surface area contributed by atoms with Crippen LogP contribution < -0.4 is 26.2 Å². The first kappa shape index (κ1) is 24.5. The number of hydrogen-bond donors (Lipinski definition) is 3. The topological polar surface area (TPSA) is 122 Å². The number of aromatic amines is 1. The molecule has 0 saturated heterocycles. The summed E-state index contributed by atoms with van der Waals surface area (Å²) >= 11 is 0. The van der Waals surface area contributed by atoms with E-state index in [-0.39, 0.29) is 5.41 Å². The second-order valence-electron chi connectivity index (χ2n) is 9.47. The van der Waals surface area contributed by atoms with Crippen LogP contribution in [0.4, 0.5) is 0 Å². The predicted octanol–water partition coefficient (Wildman–Crippen LogP) is 2.45. The van der Waals surface area contributed by atoms with Crippen molar-refractivity contribution in [3.63, 3.8) is 0 Å². The summed E-state index contributed by atoms with van der Waals surface area (Å²) in [6.45, 7) is 6.11. The normalized spacial score (nSPS) is 13.3. The zero-order valence-corrected chi connectivity index (χ0v) is 21.0. The highest BCUT2D eigenvalue weighted by Gasteiger charge is 2.25. The van der Waals surface area contributed by atoms with Crippen LogP contribution in [0.2, 0.25) is 0 Å². The summed E-state index contributed by atoms with van der Waals surface area (Å²) in [7, 11) is -1.81. The Hall–Kier alpha value is -3.63. The highest BCUT2D eigenvalue weighted by atomic mass is 32.2. The zero-order valence-electron chi connectivity index (χ0n) is 20.2. The van der Waals surface area contributed by atoms with Crippen LogP contribution in [0.1, 0.15) is 37.5 Å². The molecule has 0 fully saturated rings. The fraction of sp³-hybridized carbons (Fsp3) is 0.280. The van der Waals surface area contributed by atoms with E-state index in [1.165, 1.54) is 12.3 Å². The molecule has 3 aromatic rings. The number of hydrazine groups is 1. The maximum absolute atomic E-state index is 12.6. The van der Waals surface area contributed by atoms with Gasteiger partial charge in [0.15, 0.2) is 0 Å². The van der Waals surface area contributed by atoms with Crippen LogP contribution in [0, 0.1) is 0 Å². The second-order valence-corrected chi connectivity index (χ2v) is 11.2. The third-order valence-corrected chi connectivity index (χ3v) is 6.28. The number of allylic oxidation sites excluding steroid dienone is 1. The van der Waals surface area contributed by atoms with E-state index in [1.807, 2.05) is 51.1 Å². The van der Waals surface area contributed by atoms with Crippen molar-refractivity contribution in [1.82, 2.24) is 19.8 Å². The van der Waals surface area contributed by atoms with E-state index in [1.54, 1.807) is 13.2 Å². The minimum Gasteiger partial charge on any atom is -0.496 e. The quantitative estimate of drug-likeness (QED) is 0.451. The molecule has 1 aliphatic carbocycles. The Morgan fingerprint density at radius 3 is 2.43 bits per heavy atom. The van der Waals surface area contributed by atoms with Gasteiger partial charge in [-0.05, 0) is 35.1 Å². The van der Waals surface area contributed by atoms with Gasteiger partial charge in [0.2, 0.25) is 10.0 Å². The van der Waals surface area contributed by atoms with Gasteiger partial charge in [-0.25, -0.2) is 17.8 Å². The number of nitrogens with zero attached hydrogens (tertiary/aromatic N) is 1. The number of ether oxygens (including phenoxy) is 1. The van der Waals surface area contributed by atoms with Gasteiger partial charge in [-0.2, -0.15) is 0 Å². The smallest absolute Gasteiger partial charge is 0.332 e. The van der Waals surface area contributed by atoms with Crippen LogP contribution in [0.25, 0.3) is 22.5 Å². The lowest BCUT2D eigenvalue weighted by atomic mass is 9.83. The van der Waals surface area contributed by atoms with Crippen molar-refractivity contribution in [3.05, 3.63) is 86.2 Å². The highest BCUT2D eigenvalue weighted by Crippen LogP contribution is 2.42. The first-order valence-electron chi connectivity index (χ1n) is 11.0. The number of rotatable bonds is 6. The van der Waals surface area contributed by atoms with Gasteiger partial charge in [-0.1, -0.05) is 45.0 Å². The molecule has 184 valence electrons. The number of benzene rings is 2. The average Bonchev–Trinajstić information content (AvgIpc) is 3.18. The molecular weight excluding hydrogens is 468 g/mol. The lowest BCUT2D eigenvalue weighted by Gasteiger charge is -2.25. The molecule has 1 heterocycles. The van der Waals surface area contributed by atoms with Gasteiger partial charge in [-0.3, -0.25) is 4.79 Å². The minimum absolute atomic E-state index is 0.339. The summed E-state index contributed by atoms with van der Waals surface area (Å²) in [5, 5.41) is 0. The molecule has 0 radical (unpaired) electrons. The largest absolute Gasteiger partial charge is 0.496 e. The highest BCUT2D eigenvalue weighted by molar-refractivity contribution is 7.88. The number of nitrogens with one attached hydrogen (secondary N) is 3. The van der Waals surface area contributed by atoms with E-state index < -0.39 is 21.3 Å². The number of methoxy groups -OCH3 is 1. The molecule has 9 nitrogen and oxygen atoms in total. The van der Waals surface area contributed by atoms with Crippen LogP contribution >= 0.6 is 0 Å². The van der Waals surface area contributed by atoms with Crippen molar-refractivity contribution < 1.29 is 13.2 Å². The second kappa shape index (κ2) is 8.86. The molecule has 0 amide bonds. The lowest BCUT2D eigenvalue weighted by Crippen LogP contribution is -2.34. The van der Waals surface area contributed by atoms with Gasteiger partial charge in [0, 0.05) is 29.0 Å². The Morgan fingerprint density at radius 2 is 1.80 bits per heavy atom. The van der Waals surface area contributed by atoms with Gasteiger partial charge in [0.1, 0.15) is 5.75 Å². The van der Waals surface area contributed by atoms with Gasteiger partial charge in [0.05, 0.1) is 24.7 Å². The molecule has 35 heavy (non-hydrogen) atoms. The van der Waals surface area contributed by atoms with E-state index in [9.17, 15) is 18.0 Å². The van der Waals surface area contributed by atoms with Crippen molar-refractivity contribution in [1.29, 1.82) is 0 Å². The average molecular weight is 497 g/mol. The summed E-state index contributed by atoms with van der Waals surface area (Å²) in [4.78, 5) is 30.0. The molecule has 10 heteroatoms. The molecule has 0 unspecified atom stereocenters. The predicted molar refractivity (Wildman–Crippen MR) is 136 cm³/mol. The Balaban J connectivity index is 1.88. The van der Waals surface area contributed by atoms with Crippen LogP contribution in [0.5, 0.6) is 5.75 Å². The monoisotopic (exact) mass is 496 g/mol. The van der Waals surface area contributed by atoms with Crippen molar-refractivity contribution in [3.8, 4) is 22.6 Å². The first-order valence-corrected chi connectivity index (χ1v) is 12.9. The lowest BCUT2D eigenvalue weighted by molar-refractivity contribution is 0.399. The molecule has 0 spiro atoms. The molecule has 0 aliphatic heterocycles. The summed E-state index contributed by atoms with van der Waals surface area (Å²) in [6, 6.07) is 10.7. The molecule has 0 bridgehead atoms. The Kier molecular flexibility index (Phi) is 6.20. The number of aromatic nitrogens is 2. The van der Waals surface area contributed by atoms with E-state index >= 15 is 0 Å². The van der Waals surface area contributed by atoms with E-state index in [0.717, 1.165) is 38.6 Å².